The topological polar surface area (TPSA) is 20.3 Å². The maximum Gasteiger partial charge on any atom is 0.254 e. The number of amides is 1. The van der Waals surface area contributed by atoms with Crippen LogP contribution in [0.4, 0.5) is 0 Å². The minimum Gasteiger partial charge on any atom is -0.335 e. The number of aryl methyl sites for hydroxylation is 2. The minimum atomic E-state index is 0.263. The van der Waals surface area contributed by atoms with Crippen molar-refractivity contribution in [1.29, 1.82) is 0 Å². The predicted molar refractivity (Wildman–Crippen MR) is 81.9 cm³/mol. The van der Waals surface area contributed by atoms with Gasteiger partial charge in [-0.15, -0.1) is 0 Å². The van der Waals surface area contributed by atoms with Gasteiger partial charge in [0.05, 0.1) is 0 Å². The first-order valence-electron chi connectivity index (χ1n) is 8.05. The van der Waals surface area contributed by atoms with E-state index in [-0.39, 0.29) is 5.91 Å². The van der Waals surface area contributed by atoms with Crippen molar-refractivity contribution in [2.45, 2.75) is 58.4 Å². The monoisotopic (exact) mass is 271 g/mol. The van der Waals surface area contributed by atoms with Gasteiger partial charge in [0.25, 0.3) is 5.91 Å². The molecule has 1 aliphatic carbocycles. The summed E-state index contributed by atoms with van der Waals surface area (Å²) in [5.74, 6) is 1.02. The molecule has 1 amide bonds. The smallest absolute Gasteiger partial charge is 0.254 e. The second kappa shape index (κ2) is 5.59. The summed E-state index contributed by atoms with van der Waals surface area (Å²) < 4.78 is 0. The van der Waals surface area contributed by atoms with Crippen LogP contribution in [0.15, 0.2) is 18.2 Å². The highest BCUT2D eigenvalue weighted by Gasteiger charge is 2.36. The van der Waals surface area contributed by atoms with E-state index in [1.807, 2.05) is 6.07 Å². The summed E-state index contributed by atoms with van der Waals surface area (Å²) in [6, 6.07) is 6.70. The molecule has 1 saturated heterocycles. The molecule has 1 aromatic carbocycles. The number of carbonyl (C=O) groups is 1. The van der Waals surface area contributed by atoms with Gasteiger partial charge >= 0.3 is 0 Å². The normalized spacial score (nSPS) is 26.2. The molecule has 20 heavy (non-hydrogen) atoms. The van der Waals surface area contributed by atoms with Crippen LogP contribution in [0.3, 0.4) is 0 Å². The number of fused-ring (bicyclic) bond motifs is 1. The highest BCUT2D eigenvalue weighted by molar-refractivity contribution is 5.96. The van der Waals surface area contributed by atoms with Crippen LogP contribution in [0, 0.1) is 19.8 Å². The van der Waals surface area contributed by atoms with E-state index in [1.165, 1.54) is 44.1 Å². The van der Waals surface area contributed by atoms with Crippen molar-refractivity contribution in [3.63, 3.8) is 0 Å². The van der Waals surface area contributed by atoms with Crippen LogP contribution < -0.4 is 0 Å². The van der Waals surface area contributed by atoms with E-state index in [2.05, 4.69) is 30.9 Å². The third-order valence-electron chi connectivity index (χ3n) is 5.12. The third-order valence-corrected chi connectivity index (χ3v) is 5.12. The number of carbonyl (C=O) groups excluding carboxylic acids is 1. The minimum absolute atomic E-state index is 0.263. The van der Waals surface area contributed by atoms with Crippen LogP contribution in [-0.2, 0) is 0 Å². The van der Waals surface area contributed by atoms with E-state index in [0.29, 0.717) is 6.04 Å². The van der Waals surface area contributed by atoms with Gasteiger partial charge in [-0.25, -0.2) is 0 Å². The van der Waals surface area contributed by atoms with Gasteiger partial charge in [0.1, 0.15) is 0 Å². The molecule has 0 spiro atoms. The van der Waals surface area contributed by atoms with Crippen molar-refractivity contribution in [3.8, 4) is 0 Å². The lowest BCUT2D eigenvalue weighted by molar-refractivity contribution is 0.0390. The molecular formula is C18H25NO. The number of benzene rings is 1. The Hall–Kier alpha value is -1.31. The van der Waals surface area contributed by atoms with E-state index in [1.54, 1.807) is 0 Å². The Morgan fingerprint density at radius 3 is 2.65 bits per heavy atom. The Morgan fingerprint density at radius 2 is 1.85 bits per heavy atom. The lowest BCUT2D eigenvalue weighted by Gasteiger charge is -2.44. The molecule has 0 bridgehead atoms. The molecule has 108 valence electrons. The van der Waals surface area contributed by atoms with Crippen LogP contribution in [0.1, 0.15) is 60.0 Å². The molecule has 2 nitrogen and oxygen atoms in total. The molecule has 1 saturated carbocycles. The molecule has 0 N–H and O–H groups in total. The first-order valence-corrected chi connectivity index (χ1v) is 8.05. The van der Waals surface area contributed by atoms with E-state index >= 15 is 0 Å². The number of hydrogen-bond acceptors (Lipinski definition) is 1. The quantitative estimate of drug-likeness (QED) is 0.753. The molecule has 2 aliphatic rings. The standard InChI is InChI=1S/C18H25NO/c1-13-9-10-16(14(2)12-13)18(20)19-11-5-7-15-6-3-4-8-17(15)19/h9-10,12,15,17H,3-8,11H2,1-2H3. The first-order chi connectivity index (χ1) is 9.66. The maximum atomic E-state index is 12.9. The fourth-order valence-electron chi connectivity index (χ4n) is 4.09. The number of likely N-dealkylation sites (tertiary alicyclic amines) is 1. The average molecular weight is 271 g/mol. The zero-order chi connectivity index (χ0) is 14.1. The van der Waals surface area contributed by atoms with Crippen molar-refractivity contribution in [2.75, 3.05) is 6.54 Å². The Labute approximate surface area is 122 Å². The zero-order valence-corrected chi connectivity index (χ0v) is 12.7. The van der Waals surface area contributed by atoms with Gasteiger partial charge in [0.2, 0.25) is 0 Å². The predicted octanol–water partition coefficient (Wildman–Crippen LogP) is 4.10. The van der Waals surface area contributed by atoms with E-state index in [4.69, 9.17) is 0 Å². The number of hydrogen-bond donors (Lipinski definition) is 0. The Balaban J connectivity index is 1.85. The molecule has 0 radical (unpaired) electrons. The lowest BCUT2D eigenvalue weighted by Crippen LogP contribution is -2.49. The molecule has 2 heteroatoms. The van der Waals surface area contributed by atoms with Crippen LogP contribution in [0.5, 0.6) is 0 Å². The second-order valence-electron chi connectivity index (χ2n) is 6.57. The molecule has 1 aliphatic heterocycles. The molecule has 0 aromatic heterocycles. The average Bonchev–Trinajstić information content (AvgIpc) is 2.46. The Bertz CT molecular complexity index is 506. The van der Waals surface area contributed by atoms with E-state index in [9.17, 15) is 4.79 Å². The van der Waals surface area contributed by atoms with Crippen molar-refractivity contribution >= 4 is 5.91 Å². The SMILES string of the molecule is Cc1ccc(C(=O)N2CCCC3CCCCC32)c(C)c1. The Morgan fingerprint density at radius 1 is 1.10 bits per heavy atom. The zero-order valence-electron chi connectivity index (χ0n) is 12.7. The van der Waals surface area contributed by atoms with Crippen LogP contribution >= 0.6 is 0 Å². The van der Waals surface area contributed by atoms with Crippen molar-refractivity contribution in [1.82, 2.24) is 4.90 Å². The summed E-state index contributed by atoms with van der Waals surface area (Å²) in [7, 11) is 0. The summed E-state index contributed by atoms with van der Waals surface area (Å²) in [5.41, 5.74) is 3.25. The van der Waals surface area contributed by atoms with E-state index < -0.39 is 0 Å². The van der Waals surface area contributed by atoms with Gasteiger partial charge in [-0.3, -0.25) is 4.79 Å². The van der Waals surface area contributed by atoms with Crippen LogP contribution in [-0.4, -0.2) is 23.4 Å². The highest BCUT2D eigenvalue weighted by atomic mass is 16.2. The van der Waals surface area contributed by atoms with Gasteiger partial charge in [0.15, 0.2) is 0 Å². The van der Waals surface area contributed by atoms with Crippen molar-refractivity contribution < 1.29 is 4.79 Å². The molecule has 2 atom stereocenters. The van der Waals surface area contributed by atoms with Gasteiger partial charge in [-0.05, 0) is 57.1 Å². The molecule has 1 aromatic rings. The van der Waals surface area contributed by atoms with Crippen molar-refractivity contribution in [2.24, 2.45) is 5.92 Å². The van der Waals surface area contributed by atoms with Crippen LogP contribution in [0.25, 0.3) is 0 Å². The van der Waals surface area contributed by atoms with Gasteiger partial charge in [0, 0.05) is 18.2 Å². The molecule has 2 fully saturated rings. The number of nitrogens with zero attached hydrogens (tertiary/aromatic N) is 1. The van der Waals surface area contributed by atoms with Crippen molar-refractivity contribution in [3.05, 3.63) is 34.9 Å². The largest absolute Gasteiger partial charge is 0.335 e. The van der Waals surface area contributed by atoms with Gasteiger partial charge in [-0.2, -0.15) is 0 Å². The maximum absolute atomic E-state index is 12.9. The number of piperidine rings is 1. The summed E-state index contributed by atoms with van der Waals surface area (Å²) in [5, 5.41) is 0. The third kappa shape index (κ3) is 2.48. The summed E-state index contributed by atoms with van der Waals surface area (Å²) in [4.78, 5) is 15.1. The summed E-state index contributed by atoms with van der Waals surface area (Å²) in [6.45, 7) is 5.09. The van der Waals surface area contributed by atoms with Crippen LogP contribution in [0.2, 0.25) is 0 Å². The molecule has 2 unspecified atom stereocenters. The highest BCUT2D eigenvalue weighted by Crippen LogP contribution is 2.36. The molecule has 3 rings (SSSR count). The number of rotatable bonds is 1. The van der Waals surface area contributed by atoms with E-state index in [0.717, 1.165) is 23.6 Å². The van der Waals surface area contributed by atoms with Gasteiger partial charge < -0.3 is 4.90 Å². The molecular weight excluding hydrogens is 246 g/mol. The second-order valence-corrected chi connectivity index (χ2v) is 6.57. The molecule has 1 heterocycles. The fraction of sp³-hybridized carbons (Fsp3) is 0.611. The summed E-state index contributed by atoms with van der Waals surface area (Å²) >= 11 is 0. The fourth-order valence-corrected chi connectivity index (χ4v) is 4.09. The first kappa shape index (κ1) is 13.7. The lowest BCUT2D eigenvalue weighted by atomic mass is 9.78. The Kier molecular flexibility index (Phi) is 3.82. The summed E-state index contributed by atoms with van der Waals surface area (Å²) in [6.07, 6.45) is 7.67. The van der Waals surface area contributed by atoms with Gasteiger partial charge in [-0.1, -0.05) is 30.5 Å².